The molecule has 0 aliphatic heterocycles. The molecule has 0 unspecified atom stereocenters. The van der Waals surface area contributed by atoms with Gasteiger partial charge in [0.05, 0.1) is 0 Å². The summed E-state index contributed by atoms with van der Waals surface area (Å²) in [6.45, 7) is 10.3. The molecule has 0 bridgehead atoms. The van der Waals surface area contributed by atoms with Crippen LogP contribution in [0.15, 0.2) is 16.3 Å². The quantitative estimate of drug-likeness (QED) is 0.712. The van der Waals surface area contributed by atoms with Gasteiger partial charge in [0.1, 0.15) is 4.21 Å². The maximum absolute atomic E-state index is 12.6. The second kappa shape index (κ2) is 8.12. The van der Waals surface area contributed by atoms with E-state index in [1.54, 1.807) is 10.4 Å². The third kappa shape index (κ3) is 4.55. The van der Waals surface area contributed by atoms with Crippen molar-refractivity contribution in [2.24, 2.45) is 0 Å². The van der Waals surface area contributed by atoms with Crippen LogP contribution in [0.2, 0.25) is 0 Å². The monoisotopic (exact) mass is 318 g/mol. The van der Waals surface area contributed by atoms with Crippen molar-refractivity contribution in [1.29, 1.82) is 0 Å². The van der Waals surface area contributed by atoms with Gasteiger partial charge in [0, 0.05) is 17.5 Å². The van der Waals surface area contributed by atoms with Gasteiger partial charge in [-0.3, -0.25) is 0 Å². The van der Waals surface area contributed by atoms with Crippen molar-refractivity contribution in [3.8, 4) is 0 Å². The molecule has 0 aliphatic carbocycles. The van der Waals surface area contributed by atoms with Gasteiger partial charge in [-0.2, -0.15) is 4.31 Å². The molecule has 0 aromatic carbocycles. The molecular formula is C14H26N2O2S2. The van der Waals surface area contributed by atoms with Gasteiger partial charge in [0.25, 0.3) is 10.0 Å². The maximum atomic E-state index is 12.6. The summed E-state index contributed by atoms with van der Waals surface area (Å²) in [6, 6.07) is 3.67. The molecule has 6 heteroatoms. The Morgan fingerprint density at radius 3 is 2.55 bits per heavy atom. The molecule has 1 aromatic rings. The van der Waals surface area contributed by atoms with Crippen LogP contribution in [0.3, 0.4) is 0 Å². The molecule has 1 aromatic heterocycles. The topological polar surface area (TPSA) is 49.4 Å². The molecule has 0 saturated heterocycles. The smallest absolute Gasteiger partial charge is 0.252 e. The first-order valence-corrected chi connectivity index (χ1v) is 9.50. The van der Waals surface area contributed by atoms with Crippen molar-refractivity contribution in [2.45, 2.75) is 50.8 Å². The van der Waals surface area contributed by atoms with Crippen LogP contribution in [-0.2, 0) is 16.4 Å². The maximum Gasteiger partial charge on any atom is 0.252 e. The van der Waals surface area contributed by atoms with Gasteiger partial charge in [-0.15, -0.1) is 11.3 Å². The van der Waals surface area contributed by atoms with Gasteiger partial charge in [0.15, 0.2) is 0 Å². The molecule has 1 N–H and O–H groups in total. The molecule has 0 fully saturated rings. The fourth-order valence-corrected chi connectivity index (χ4v) is 5.22. The molecule has 0 spiro atoms. The van der Waals surface area contributed by atoms with Gasteiger partial charge < -0.3 is 5.32 Å². The Kier molecular flexibility index (Phi) is 7.15. The summed E-state index contributed by atoms with van der Waals surface area (Å²) in [6.07, 6.45) is 1.71. The minimum Gasteiger partial charge on any atom is -0.317 e. The van der Waals surface area contributed by atoms with E-state index in [0.717, 1.165) is 30.8 Å². The lowest BCUT2D eigenvalue weighted by Gasteiger charge is -2.24. The lowest BCUT2D eigenvalue weighted by Crippen LogP contribution is -2.37. The Balaban J connectivity index is 2.86. The zero-order valence-corrected chi connectivity index (χ0v) is 14.5. The highest BCUT2D eigenvalue weighted by molar-refractivity contribution is 7.91. The number of nitrogens with zero attached hydrogens (tertiary/aromatic N) is 1. The second-order valence-corrected chi connectivity index (χ2v) is 8.32. The minimum atomic E-state index is -3.34. The van der Waals surface area contributed by atoms with Crippen LogP contribution in [0.5, 0.6) is 0 Å². The number of likely N-dealkylation sites (N-methyl/N-ethyl adjacent to an activating group) is 1. The number of rotatable bonds is 9. The molecule has 20 heavy (non-hydrogen) atoms. The Bertz CT molecular complexity index is 495. The highest BCUT2D eigenvalue weighted by Gasteiger charge is 2.27. The first kappa shape index (κ1) is 17.6. The molecule has 1 rings (SSSR count). The molecule has 1 heterocycles. The number of hydrogen-bond donors (Lipinski definition) is 1. The predicted octanol–water partition coefficient (Wildman–Crippen LogP) is 2.71. The zero-order chi connectivity index (χ0) is 15.2. The zero-order valence-electron chi connectivity index (χ0n) is 12.8. The molecule has 0 saturated carbocycles. The molecule has 4 nitrogen and oxygen atoms in total. The highest BCUT2D eigenvalue weighted by Crippen LogP contribution is 2.26. The average Bonchev–Trinajstić information content (AvgIpc) is 2.85. The van der Waals surface area contributed by atoms with E-state index in [-0.39, 0.29) is 6.04 Å². The van der Waals surface area contributed by atoms with Gasteiger partial charge in [-0.1, -0.05) is 13.8 Å². The normalized spacial score (nSPS) is 12.5. The molecule has 0 amide bonds. The Labute approximate surface area is 127 Å². The SMILES string of the molecule is CCCN(C(C)C)S(=O)(=O)c1ccc(CCNCC)s1. The number of nitrogens with one attached hydrogen (secondary N) is 1. The molecular weight excluding hydrogens is 292 g/mol. The van der Waals surface area contributed by atoms with E-state index in [9.17, 15) is 8.42 Å². The predicted molar refractivity (Wildman–Crippen MR) is 85.9 cm³/mol. The fraction of sp³-hybridized carbons (Fsp3) is 0.714. The summed E-state index contributed by atoms with van der Waals surface area (Å²) in [7, 11) is -3.34. The van der Waals surface area contributed by atoms with Crippen LogP contribution in [0.25, 0.3) is 0 Å². The van der Waals surface area contributed by atoms with Crippen molar-refractivity contribution < 1.29 is 8.42 Å². The van der Waals surface area contributed by atoms with E-state index in [1.807, 2.05) is 26.8 Å². The van der Waals surface area contributed by atoms with Crippen molar-refractivity contribution in [3.63, 3.8) is 0 Å². The van der Waals surface area contributed by atoms with E-state index in [2.05, 4.69) is 12.2 Å². The number of hydrogen-bond acceptors (Lipinski definition) is 4. The van der Waals surface area contributed by atoms with Crippen molar-refractivity contribution in [1.82, 2.24) is 9.62 Å². The van der Waals surface area contributed by atoms with Crippen molar-refractivity contribution in [2.75, 3.05) is 19.6 Å². The van der Waals surface area contributed by atoms with Crippen LogP contribution in [0.1, 0.15) is 39.0 Å². The molecule has 0 radical (unpaired) electrons. The fourth-order valence-electron chi connectivity index (χ4n) is 2.01. The van der Waals surface area contributed by atoms with Crippen LogP contribution >= 0.6 is 11.3 Å². The van der Waals surface area contributed by atoms with E-state index in [0.29, 0.717) is 10.8 Å². The number of sulfonamides is 1. The van der Waals surface area contributed by atoms with Gasteiger partial charge in [-0.25, -0.2) is 8.42 Å². The minimum absolute atomic E-state index is 0.00717. The Morgan fingerprint density at radius 2 is 2.00 bits per heavy atom. The van der Waals surface area contributed by atoms with Crippen LogP contribution in [0, 0.1) is 0 Å². The van der Waals surface area contributed by atoms with E-state index < -0.39 is 10.0 Å². The number of thiophene rings is 1. The van der Waals surface area contributed by atoms with Crippen molar-refractivity contribution in [3.05, 3.63) is 17.0 Å². The first-order valence-electron chi connectivity index (χ1n) is 7.24. The van der Waals surface area contributed by atoms with Gasteiger partial charge in [0.2, 0.25) is 0 Å². The summed E-state index contributed by atoms with van der Waals surface area (Å²) in [4.78, 5) is 1.12. The average molecular weight is 319 g/mol. The lowest BCUT2D eigenvalue weighted by molar-refractivity contribution is 0.355. The first-order chi connectivity index (χ1) is 9.43. The van der Waals surface area contributed by atoms with E-state index in [1.165, 1.54) is 11.3 Å². The van der Waals surface area contributed by atoms with Crippen LogP contribution < -0.4 is 5.32 Å². The Morgan fingerprint density at radius 1 is 1.30 bits per heavy atom. The van der Waals surface area contributed by atoms with E-state index >= 15 is 0 Å². The highest BCUT2D eigenvalue weighted by atomic mass is 32.2. The summed E-state index contributed by atoms with van der Waals surface area (Å²) in [5.41, 5.74) is 0. The van der Waals surface area contributed by atoms with Gasteiger partial charge >= 0.3 is 0 Å². The largest absolute Gasteiger partial charge is 0.317 e. The lowest BCUT2D eigenvalue weighted by atomic mass is 10.3. The standard InChI is InChI=1S/C14H26N2O2S2/c1-5-11-16(12(3)4)20(17,18)14-8-7-13(19-14)9-10-15-6-2/h7-8,12,15H,5-6,9-11H2,1-4H3. The summed E-state index contributed by atoms with van der Waals surface area (Å²) < 4.78 is 27.3. The summed E-state index contributed by atoms with van der Waals surface area (Å²) in [5, 5.41) is 3.25. The van der Waals surface area contributed by atoms with Crippen LogP contribution in [0.4, 0.5) is 0 Å². The van der Waals surface area contributed by atoms with Crippen molar-refractivity contribution >= 4 is 21.4 Å². The Hall–Kier alpha value is -0.430. The van der Waals surface area contributed by atoms with E-state index in [4.69, 9.17) is 0 Å². The van der Waals surface area contributed by atoms with Gasteiger partial charge in [-0.05, 0) is 51.9 Å². The summed E-state index contributed by atoms with van der Waals surface area (Å²) in [5.74, 6) is 0. The third-order valence-electron chi connectivity index (χ3n) is 3.02. The molecule has 0 aliphatic rings. The molecule has 0 atom stereocenters. The summed E-state index contributed by atoms with van der Waals surface area (Å²) >= 11 is 1.39. The second-order valence-electron chi connectivity index (χ2n) is 5.03. The third-order valence-corrected chi connectivity index (χ3v) is 6.71. The van der Waals surface area contributed by atoms with Crippen LogP contribution in [-0.4, -0.2) is 38.4 Å². The molecule has 116 valence electrons.